The van der Waals surface area contributed by atoms with Gasteiger partial charge in [0.25, 0.3) is 0 Å². The molecule has 1 aliphatic rings. The molecule has 2 heterocycles. The highest BCUT2D eigenvalue weighted by atomic mass is 32.1. The lowest BCUT2D eigenvalue weighted by atomic mass is 9.86. The number of nitrogens with zero attached hydrogens (tertiary/aromatic N) is 1. The summed E-state index contributed by atoms with van der Waals surface area (Å²) in [5, 5.41) is 0. The Kier molecular flexibility index (Phi) is 3.21. The maximum absolute atomic E-state index is 12.6. The lowest BCUT2D eigenvalue weighted by Gasteiger charge is -2.19. The molecule has 0 spiro atoms. The van der Waals surface area contributed by atoms with Gasteiger partial charge in [0.1, 0.15) is 0 Å². The van der Waals surface area contributed by atoms with Crippen LogP contribution in [-0.4, -0.2) is 18.2 Å². The van der Waals surface area contributed by atoms with Crippen LogP contribution in [0.25, 0.3) is 0 Å². The van der Waals surface area contributed by atoms with Gasteiger partial charge in [-0.25, -0.2) is 0 Å². The lowest BCUT2D eigenvalue weighted by molar-refractivity contribution is -0.122. The van der Waals surface area contributed by atoms with Gasteiger partial charge < -0.3 is 4.90 Å². The Bertz CT molecular complexity index is 730. The number of rotatable bonds is 3. The number of Topliss-reactive ketones (excluding diaryl/α,β-unsaturated/α-hetero) is 1. The van der Waals surface area contributed by atoms with Crippen molar-refractivity contribution in [3.8, 4) is 0 Å². The average molecular weight is 299 g/mol. The first-order valence-corrected chi connectivity index (χ1v) is 7.74. The summed E-state index contributed by atoms with van der Waals surface area (Å²) in [5.41, 5.74) is 1.28. The van der Waals surface area contributed by atoms with Crippen LogP contribution in [0, 0.1) is 6.92 Å². The smallest absolute Gasteiger partial charge is 0.237 e. The fourth-order valence-electron chi connectivity index (χ4n) is 2.76. The third kappa shape index (κ3) is 2.20. The summed E-state index contributed by atoms with van der Waals surface area (Å²) in [6, 6.07) is 11.5. The second-order valence-electron chi connectivity index (χ2n) is 5.87. The molecule has 4 heteroatoms. The standard InChI is InChI=1S/C17H17NO2S/c1-11-8-9-15(21-11)14(19)10-18-13-7-5-4-6-12(13)17(2,3)16(18)20/h4-9H,10H2,1-3H3. The van der Waals surface area contributed by atoms with Crippen LogP contribution in [0.1, 0.15) is 34.0 Å². The van der Waals surface area contributed by atoms with Crippen molar-refractivity contribution in [2.45, 2.75) is 26.2 Å². The first-order chi connectivity index (χ1) is 9.91. The molecule has 0 bridgehead atoms. The molecule has 0 unspecified atom stereocenters. The number of hydrogen-bond acceptors (Lipinski definition) is 3. The molecular formula is C17H17NO2S. The number of fused-ring (bicyclic) bond motifs is 1. The van der Waals surface area contributed by atoms with E-state index in [1.54, 1.807) is 4.90 Å². The van der Waals surface area contributed by atoms with Crippen molar-refractivity contribution in [1.29, 1.82) is 0 Å². The van der Waals surface area contributed by atoms with E-state index in [1.807, 2.05) is 57.2 Å². The first-order valence-electron chi connectivity index (χ1n) is 6.92. The van der Waals surface area contributed by atoms with Gasteiger partial charge in [0.15, 0.2) is 5.78 Å². The molecular weight excluding hydrogens is 282 g/mol. The summed E-state index contributed by atoms with van der Waals surface area (Å²) in [6.07, 6.45) is 0. The van der Waals surface area contributed by atoms with E-state index >= 15 is 0 Å². The van der Waals surface area contributed by atoms with Gasteiger partial charge in [-0.15, -0.1) is 11.3 Å². The molecule has 0 saturated carbocycles. The predicted octanol–water partition coefficient (Wildman–Crippen LogP) is 3.56. The molecule has 2 aromatic rings. The number of ketones is 1. The normalized spacial score (nSPS) is 16.1. The molecule has 1 amide bonds. The van der Waals surface area contributed by atoms with Crippen molar-refractivity contribution in [3.63, 3.8) is 0 Å². The number of aryl methyl sites for hydroxylation is 1. The molecule has 0 aliphatic carbocycles. The molecule has 0 saturated heterocycles. The Balaban J connectivity index is 1.93. The van der Waals surface area contributed by atoms with Gasteiger partial charge in [-0.05, 0) is 44.5 Å². The molecule has 21 heavy (non-hydrogen) atoms. The topological polar surface area (TPSA) is 37.4 Å². The average Bonchev–Trinajstić information content (AvgIpc) is 2.96. The van der Waals surface area contributed by atoms with E-state index < -0.39 is 5.41 Å². The number of carbonyl (C=O) groups excluding carboxylic acids is 2. The molecule has 0 atom stereocenters. The summed E-state index contributed by atoms with van der Waals surface area (Å²) < 4.78 is 0. The quantitative estimate of drug-likeness (QED) is 0.813. The molecule has 1 aliphatic heterocycles. The number of para-hydroxylation sites is 1. The molecule has 108 valence electrons. The maximum Gasteiger partial charge on any atom is 0.237 e. The molecule has 1 aromatic carbocycles. The lowest BCUT2D eigenvalue weighted by Crippen LogP contribution is -2.39. The van der Waals surface area contributed by atoms with Gasteiger partial charge in [-0.2, -0.15) is 0 Å². The zero-order valence-corrected chi connectivity index (χ0v) is 13.2. The molecule has 0 fully saturated rings. The number of benzene rings is 1. The monoisotopic (exact) mass is 299 g/mol. The van der Waals surface area contributed by atoms with Gasteiger partial charge in [0.05, 0.1) is 16.8 Å². The summed E-state index contributed by atoms with van der Waals surface area (Å²) in [6.45, 7) is 5.90. The number of thiophene rings is 1. The third-order valence-corrected chi connectivity index (χ3v) is 5.01. The largest absolute Gasteiger partial charge is 0.304 e. The van der Waals surface area contributed by atoms with E-state index in [0.717, 1.165) is 16.1 Å². The van der Waals surface area contributed by atoms with Crippen molar-refractivity contribution in [2.24, 2.45) is 0 Å². The Morgan fingerprint density at radius 1 is 1.19 bits per heavy atom. The zero-order valence-electron chi connectivity index (χ0n) is 12.3. The van der Waals surface area contributed by atoms with Crippen molar-refractivity contribution in [3.05, 3.63) is 51.7 Å². The zero-order chi connectivity index (χ0) is 15.2. The van der Waals surface area contributed by atoms with Crippen LogP contribution in [-0.2, 0) is 10.2 Å². The second kappa shape index (κ2) is 4.81. The third-order valence-electron chi connectivity index (χ3n) is 3.96. The molecule has 3 rings (SSSR count). The number of anilines is 1. The summed E-state index contributed by atoms with van der Waals surface area (Å²) in [4.78, 5) is 28.5. The van der Waals surface area contributed by atoms with E-state index in [4.69, 9.17) is 0 Å². The van der Waals surface area contributed by atoms with E-state index in [9.17, 15) is 9.59 Å². The van der Waals surface area contributed by atoms with Crippen molar-refractivity contribution < 1.29 is 9.59 Å². The summed E-state index contributed by atoms with van der Waals surface area (Å²) >= 11 is 1.47. The predicted molar refractivity (Wildman–Crippen MR) is 85.2 cm³/mol. The highest BCUT2D eigenvalue weighted by Crippen LogP contribution is 2.41. The van der Waals surface area contributed by atoms with Crippen LogP contribution >= 0.6 is 11.3 Å². The van der Waals surface area contributed by atoms with Crippen LogP contribution in [0.3, 0.4) is 0 Å². The maximum atomic E-state index is 12.6. The van der Waals surface area contributed by atoms with E-state index in [1.165, 1.54) is 11.3 Å². The number of hydrogen-bond donors (Lipinski definition) is 0. The second-order valence-corrected chi connectivity index (χ2v) is 7.15. The minimum atomic E-state index is -0.567. The van der Waals surface area contributed by atoms with Gasteiger partial charge in [-0.3, -0.25) is 9.59 Å². The number of amides is 1. The minimum Gasteiger partial charge on any atom is -0.304 e. The van der Waals surface area contributed by atoms with E-state index in [0.29, 0.717) is 4.88 Å². The first kappa shape index (κ1) is 14.0. The van der Waals surface area contributed by atoms with Crippen LogP contribution < -0.4 is 4.90 Å². The van der Waals surface area contributed by atoms with Crippen molar-refractivity contribution in [1.82, 2.24) is 0 Å². The molecule has 0 N–H and O–H groups in total. The van der Waals surface area contributed by atoms with Crippen LogP contribution in [0.4, 0.5) is 5.69 Å². The van der Waals surface area contributed by atoms with Crippen molar-refractivity contribution in [2.75, 3.05) is 11.4 Å². The highest BCUT2D eigenvalue weighted by Gasteiger charge is 2.44. The molecule has 3 nitrogen and oxygen atoms in total. The van der Waals surface area contributed by atoms with E-state index in [2.05, 4.69) is 0 Å². The van der Waals surface area contributed by atoms with Crippen LogP contribution in [0.5, 0.6) is 0 Å². The fraction of sp³-hybridized carbons (Fsp3) is 0.294. The van der Waals surface area contributed by atoms with Gasteiger partial charge in [-0.1, -0.05) is 18.2 Å². The molecule has 0 radical (unpaired) electrons. The van der Waals surface area contributed by atoms with Gasteiger partial charge in [0.2, 0.25) is 5.91 Å². The fourth-order valence-corrected chi connectivity index (χ4v) is 3.56. The molecule has 1 aromatic heterocycles. The summed E-state index contributed by atoms with van der Waals surface area (Å²) in [7, 11) is 0. The Morgan fingerprint density at radius 3 is 2.57 bits per heavy atom. The van der Waals surface area contributed by atoms with Gasteiger partial charge in [0, 0.05) is 10.6 Å². The Labute approximate surface area is 128 Å². The Hall–Kier alpha value is -1.94. The van der Waals surface area contributed by atoms with Gasteiger partial charge >= 0.3 is 0 Å². The Morgan fingerprint density at radius 2 is 1.90 bits per heavy atom. The summed E-state index contributed by atoms with van der Waals surface area (Å²) in [5.74, 6) is -0.0146. The number of carbonyl (C=O) groups is 2. The van der Waals surface area contributed by atoms with Crippen LogP contribution in [0.2, 0.25) is 0 Å². The van der Waals surface area contributed by atoms with E-state index in [-0.39, 0.29) is 18.2 Å². The SMILES string of the molecule is Cc1ccc(C(=O)CN2C(=O)C(C)(C)c3ccccc32)s1. The van der Waals surface area contributed by atoms with Crippen molar-refractivity contribution >= 4 is 28.7 Å². The highest BCUT2D eigenvalue weighted by molar-refractivity contribution is 7.14. The van der Waals surface area contributed by atoms with Crippen LogP contribution in [0.15, 0.2) is 36.4 Å². The minimum absolute atomic E-state index is 0.00560.